The third kappa shape index (κ3) is 3.11. The van der Waals surface area contributed by atoms with Crippen molar-refractivity contribution < 1.29 is 4.74 Å². The van der Waals surface area contributed by atoms with E-state index in [0.29, 0.717) is 0 Å². The highest BCUT2D eigenvalue weighted by Gasteiger charge is 2.26. The Morgan fingerprint density at radius 2 is 1.66 bits per heavy atom. The molecule has 29 heavy (non-hydrogen) atoms. The van der Waals surface area contributed by atoms with Gasteiger partial charge in [0.1, 0.15) is 0 Å². The highest BCUT2D eigenvalue weighted by Crippen LogP contribution is 2.50. The fourth-order valence-corrected chi connectivity index (χ4v) is 4.09. The number of nitriles is 1. The second-order valence-corrected chi connectivity index (χ2v) is 7.52. The molecule has 2 heterocycles. The normalized spacial score (nSPS) is 19.7. The Kier molecular flexibility index (Phi) is 4.22. The first-order valence-electron chi connectivity index (χ1n) is 9.87. The van der Waals surface area contributed by atoms with Gasteiger partial charge < -0.3 is 15.0 Å². The standard InChI is InChI=1S/C25H21N3O/c1-17-13-18(16-26)14-21(27-17)19-7-6-8-20(15-19)28-22-9-2-4-11-24(22)29-25-12-5-3-10-23(25)28/h2-12,14-15,17-18,27H,13H2,1H3. The summed E-state index contributed by atoms with van der Waals surface area (Å²) in [7, 11) is 0. The van der Waals surface area contributed by atoms with Gasteiger partial charge in [0.15, 0.2) is 11.5 Å². The third-order valence-corrected chi connectivity index (χ3v) is 5.39. The first kappa shape index (κ1) is 17.4. The van der Waals surface area contributed by atoms with Gasteiger partial charge in [-0.25, -0.2) is 0 Å². The zero-order valence-electron chi connectivity index (χ0n) is 16.2. The lowest BCUT2D eigenvalue weighted by molar-refractivity contribution is 0.477. The van der Waals surface area contributed by atoms with E-state index in [-0.39, 0.29) is 12.0 Å². The van der Waals surface area contributed by atoms with Gasteiger partial charge in [-0.1, -0.05) is 36.4 Å². The number of rotatable bonds is 2. The molecule has 2 atom stereocenters. The Labute approximate surface area is 170 Å². The molecule has 0 bridgehead atoms. The van der Waals surface area contributed by atoms with E-state index >= 15 is 0 Å². The van der Waals surface area contributed by atoms with Crippen molar-refractivity contribution in [1.82, 2.24) is 5.32 Å². The summed E-state index contributed by atoms with van der Waals surface area (Å²) in [4.78, 5) is 2.23. The molecule has 2 aliphatic rings. The van der Waals surface area contributed by atoms with Crippen LogP contribution < -0.4 is 15.0 Å². The first-order chi connectivity index (χ1) is 14.2. The van der Waals surface area contributed by atoms with Crippen LogP contribution in [0, 0.1) is 17.2 Å². The van der Waals surface area contributed by atoms with Gasteiger partial charge in [0.05, 0.1) is 23.4 Å². The lowest BCUT2D eigenvalue weighted by Crippen LogP contribution is -2.31. The number of hydrogen-bond donors (Lipinski definition) is 1. The molecular weight excluding hydrogens is 358 g/mol. The van der Waals surface area contributed by atoms with E-state index in [9.17, 15) is 5.26 Å². The van der Waals surface area contributed by atoms with Crippen molar-refractivity contribution in [1.29, 1.82) is 5.26 Å². The van der Waals surface area contributed by atoms with Crippen LogP contribution in [-0.2, 0) is 0 Å². The highest BCUT2D eigenvalue weighted by molar-refractivity contribution is 5.87. The SMILES string of the molecule is CC1CC(C#N)C=C(c2cccc(N3c4ccccc4Oc4ccccc43)c2)N1. The minimum absolute atomic E-state index is 0.0604. The van der Waals surface area contributed by atoms with E-state index in [1.54, 1.807) is 0 Å². The molecule has 3 aromatic rings. The molecule has 0 amide bonds. The van der Waals surface area contributed by atoms with Gasteiger partial charge in [-0.15, -0.1) is 0 Å². The molecule has 2 aliphatic heterocycles. The Hall–Kier alpha value is -3.71. The van der Waals surface area contributed by atoms with Crippen molar-refractivity contribution >= 4 is 22.8 Å². The van der Waals surface area contributed by atoms with Crippen LogP contribution in [0.5, 0.6) is 11.5 Å². The summed E-state index contributed by atoms with van der Waals surface area (Å²) in [6, 6.07) is 27.3. The van der Waals surface area contributed by atoms with E-state index in [1.807, 2.05) is 42.5 Å². The maximum absolute atomic E-state index is 9.41. The van der Waals surface area contributed by atoms with Crippen LogP contribution in [0.4, 0.5) is 17.1 Å². The van der Waals surface area contributed by atoms with Crippen molar-refractivity contribution in [3.8, 4) is 17.6 Å². The number of hydrogen-bond acceptors (Lipinski definition) is 4. The van der Waals surface area contributed by atoms with Crippen molar-refractivity contribution in [2.24, 2.45) is 5.92 Å². The van der Waals surface area contributed by atoms with Gasteiger partial charge in [-0.2, -0.15) is 5.26 Å². The van der Waals surface area contributed by atoms with E-state index in [4.69, 9.17) is 4.74 Å². The summed E-state index contributed by atoms with van der Waals surface area (Å²) in [5, 5.41) is 12.9. The van der Waals surface area contributed by atoms with Crippen molar-refractivity contribution in [3.05, 3.63) is 84.4 Å². The number of benzene rings is 3. The van der Waals surface area contributed by atoms with Gasteiger partial charge >= 0.3 is 0 Å². The summed E-state index contributed by atoms with van der Waals surface area (Å²) >= 11 is 0. The third-order valence-electron chi connectivity index (χ3n) is 5.39. The molecule has 142 valence electrons. The molecule has 2 unspecified atom stereocenters. The Bertz CT molecular complexity index is 1100. The fourth-order valence-electron chi connectivity index (χ4n) is 4.09. The predicted molar refractivity (Wildman–Crippen MR) is 115 cm³/mol. The summed E-state index contributed by atoms with van der Waals surface area (Å²) in [6.07, 6.45) is 2.88. The highest BCUT2D eigenvalue weighted by atomic mass is 16.5. The lowest BCUT2D eigenvalue weighted by atomic mass is 9.94. The molecule has 0 aliphatic carbocycles. The Balaban J connectivity index is 1.62. The minimum Gasteiger partial charge on any atom is -0.453 e. The van der Waals surface area contributed by atoms with Crippen molar-refractivity contribution in [2.45, 2.75) is 19.4 Å². The Morgan fingerprint density at radius 3 is 2.34 bits per heavy atom. The van der Waals surface area contributed by atoms with Crippen LogP contribution in [0.2, 0.25) is 0 Å². The number of nitrogens with zero attached hydrogens (tertiary/aromatic N) is 2. The molecule has 0 saturated heterocycles. The molecule has 4 heteroatoms. The molecule has 3 aromatic carbocycles. The van der Waals surface area contributed by atoms with Gasteiger partial charge in [0, 0.05) is 17.4 Å². The van der Waals surface area contributed by atoms with E-state index < -0.39 is 0 Å². The van der Waals surface area contributed by atoms with Gasteiger partial charge in [-0.3, -0.25) is 0 Å². The molecule has 0 aromatic heterocycles. The number of anilines is 3. The average Bonchev–Trinajstić information content (AvgIpc) is 2.77. The zero-order chi connectivity index (χ0) is 19.8. The van der Waals surface area contributed by atoms with Crippen LogP contribution in [0.3, 0.4) is 0 Å². The van der Waals surface area contributed by atoms with Crippen LogP contribution in [-0.4, -0.2) is 6.04 Å². The molecule has 0 saturated carbocycles. The summed E-state index contributed by atoms with van der Waals surface area (Å²) in [5.41, 5.74) is 5.18. The fraction of sp³-hybridized carbons (Fsp3) is 0.160. The quantitative estimate of drug-likeness (QED) is 0.455. The number of ether oxygens (including phenoxy) is 1. The maximum Gasteiger partial charge on any atom is 0.151 e. The molecule has 5 rings (SSSR count). The van der Waals surface area contributed by atoms with E-state index in [0.717, 1.165) is 46.2 Å². The Morgan fingerprint density at radius 1 is 0.966 bits per heavy atom. The monoisotopic (exact) mass is 379 g/mol. The summed E-state index contributed by atoms with van der Waals surface area (Å²) < 4.78 is 6.12. The van der Waals surface area contributed by atoms with Crippen molar-refractivity contribution in [3.63, 3.8) is 0 Å². The van der Waals surface area contributed by atoms with Gasteiger partial charge in [0.25, 0.3) is 0 Å². The molecule has 0 spiro atoms. The number of fused-ring (bicyclic) bond motifs is 2. The number of nitrogens with one attached hydrogen (secondary N) is 1. The minimum atomic E-state index is -0.0604. The molecule has 0 fully saturated rings. The molecule has 0 radical (unpaired) electrons. The van der Waals surface area contributed by atoms with Gasteiger partial charge in [0.2, 0.25) is 0 Å². The average molecular weight is 379 g/mol. The summed E-state index contributed by atoms with van der Waals surface area (Å²) in [6.45, 7) is 2.12. The first-order valence-corrected chi connectivity index (χ1v) is 9.87. The lowest BCUT2D eigenvalue weighted by Gasteiger charge is -2.33. The van der Waals surface area contributed by atoms with E-state index in [1.165, 1.54) is 0 Å². The number of allylic oxidation sites excluding steroid dienone is 1. The van der Waals surface area contributed by atoms with Crippen LogP contribution in [0.25, 0.3) is 5.70 Å². The second kappa shape index (κ2) is 7.03. The number of para-hydroxylation sites is 4. The van der Waals surface area contributed by atoms with Crippen molar-refractivity contribution in [2.75, 3.05) is 4.90 Å². The smallest absolute Gasteiger partial charge is 0.151 e. The van der Waals surface area contributed by atoms with Crippen LogP contribution in [0.15, 0.2) is 78.9 Å². The molecular formula is C25H21N3O. The zero-order valence-corrected chi connectivity index (χ0v) is 16.2. The molecule has 1 N–H and O–H groups in total. The van der Waals surface area contributed by atoms with E-state index in [2.05, 4.69) is 59.6 Å². The topological polar surface area (TPSA) is 48.3 Å². The largest absolute Gasteiger partial charge is 0.453 e. The van der Waals surface area contributed by atoms with Gasteiger partial charge in [-0.05, 0) is 61.4 Å². The second-order valence-electron chi connectivity index (χ2n) is 7.52. The molecule has 4 nitrogen and oxygen atoms in total. The maximum atomic E-state index is 9.41. The summed E-state index contributed by atoms with van der Waals surface area (Å²) in [5.74, 6) is 1.62. The van der Waals surface area contributed by atoms with Crippen LogP contribution in [0.1, 0.15) is 18.9 Å². The van der Waals surface area contributed by atoms with Crippen LogP contribution >= 0.6 is 0 Å². The predicted octanol–water partition coefficient (Wildman–Crippen LogP) is 6.12.